The summed E-state index contributed by atoms with van der Waals surface area (Å²) in [5, 5.41) is 13.3. The van der Waals surface area contributed by atoms with E-state index in [1.54, 1.807) is 24.3 Å². The number of nitrogens with one attached hydrogen (secondary N) is 1. The molecule has 2 rings (SSSR count). The van der Waals surface area contributed by atoms with Crippen molar-refractivity contribution < 1.29 is 14.5 Å². The van der Waals surface area contributed by atoms with Crippen LogP contribution < -0.4 is 5.32 Å². The Labute approximate surface area is 138 Å². The molecule has 1 amide bonds. The van der Waals surface area contributed by atoms with E-state index in [0.29, 0.717) is 5.56 Å². The van der Waals surface area contributed by atoms with Crippen molar-refractivity contribution in [2.45, 2.75) is 6.92 Å². The number of nitro groups is 1. The zero-order valence-corrected chi connectivity index (χ0v) is 12.9. The molecule has 1 N–H and O–H groups in total. The topological polar surface area (TPSA) is 89.3 Å². The molecule has 0 bridgehead atoms. The maximum Gasteiger partial charge on any atom is 0.270 e. The summed E-state index contributed by atoms with van der Waals surface area (Å²) in [5.41, 5.74) is 1.40. The largest absolute Gasteiger partial charge is 0.341 e. The molecule has 6 nitrogen and oxygen atoms in total. The summed E-state index contributed by atoms with van der Waals surface area (Å²) in [6, 6.07) is 12.3. The fourth-order valence-electron chi connectivity index (χ4n) is 1.92. The molecular formula is C18H14N2O4. The van der Waals surface area contributed by atoms with Gasteiger partial charge in [-0.1, -0.05) is 30.0 Å². The van der Waals surface area contributed by atoms with Gasteiger partial charge in [-0.15, -0.1) is 0 Å². The normalized spacial score (nSPS) is 9.54. The highest BCUT2D eigenvalue weighted by atomic mass is 16.6. The second-order valence-electron chi connectivity index (χ2n) is 4.93. The van der Waals surface area contributed by atoms with Crippen LogP contribution in [0.5, 0.6) is 0 Å². The van der Waals surface area contributed by atoms with E-state index in [1.165, 1.54) is 31.2 Å². The number of amides is 1. The summed E-state index contributed by atoms with van der Waals surface area (Å²) in [7, 11) is 0. The van der Waals surface area contributed by atoms with Gasteiger partial charge >= 0.3 is 0 Å². The number of nitrogens with zero attached hydrogens (tertiary/aromatic N) is 1. The van der Waals surface area contributed by atoms with Crippen molar-refractivity contribution >= 4 is 17.4 Å². The molecule has 2 aromatic carbocycles. The van der Waals surface area contributed by atoms with Crippen LogP contribution in [0.25, 0.3) is 0 Å². The van der Waals surface area contributed by atoms with Crippen LogP contribution in [0.2, 0.25) is 0 Å². The van der Waals surface area contributed by atoms with Crippen molar-refractivity contribution in [1.82, 2.24) is 5.32 Å². The van der Waals surface area contributed by atoms with E-state index in [2.05, 4.69) is 17.2 Å². The fraction of sp³-hybridized carbons (Fsp3) is 0.111. The summed E-state index contributed by atoms with van der Waals surface area (Å²) in [6.45, 7) is 1.60. The molecule has 0 unspecified atom stereocenters. The first kappa shape index (κ1) is 16.9. The molecule has 0 saturated carbocycles. The maximum atomic E-state index is 11.9. The minimum absolute atomic E-state index is 0.0151. The lowest BCUT2D eigenvalue weighted by Crippen LogP contribution is -2.23. The van der Waals surface area contributed by atoms with Crippen LogP contribution in [0.15, 0.2) is 48.5 Å². The molecule has 24 heavy (non-hydrogen) atoms. The zero-order valence-electron chi connectivity index (χ0n) is 12.9. The van der Waals surface area contributed by atoms with Gasteiger partial charge in [0.05, 0.1) is 11.5 Å². The first-order valence-electron chi connectivity index (χ1n) is 7.10. The van der Waals surface area contributed by atoms with Crippen LogP contribution >= 0.6 is 0 Å². The lowest BCUT2D eigenvalue weighted by molar-refractivity contribution is -0.384. The van der Waals surface area contributed by atoms with E-state index >= 15 is 0 Å². The predicted molar refractivity (Wildman–Crippen MR) is 88.8 cm³/mol. The number of Topliss-reactive ketones (excluding diaryl/α,β-unsaturated/α-hetero) is 1. The van der Waals surface area contributed by atoms with E-state index in [9.17, 15) is 19.7 Å². The van der Waals surface area contributed by atoms with Gasteiger partial charge in [0.15, 0.2) is 5.78 Å². The molecule has 0 aliphatic rings. The third-order valence-corrected chi connectivity index (χ3v) is 3.18. The minimum atomic E-state index is -0.554. The van der Waals surface area contributed by atoms with Crippen molar-refractivity contribution in [3.63, 3.8) is 0 Å². The maximum absolute atomic E-state index is 11.9. The van der Waals surface area contributed by atoms with Crippen LogP contribution in [0, 0.1) is 22.0 Å². The van der Waals surface area contributed by atoms with Gasteiger partial charge in [0.2, 0.25) is 0 Å². The molecule has 0 saturated heterocycles. The molecule has 0 heterocycles. The van der Waals surface area contributed by atoms with Crippen molar-refractivity contribution in [3.05, 3.63) is 75.3 Å². The number of non-ortho nitro benzene ring substituents is 1. The predicted octanol–water partition coefficient (Wildman–Crippen LogP) is 2.58. The molecule has 0 spiro atoms. The van der Waals surface area contributed by atoms with E-state index < -0.39 is 10.8 Å². The first-order chi connectivity index (χ1) is 11.5. The van der Waals surface area contributed by atoms with E-state index in [1.807, 2.05) is 0 Å². The van der Waals surface area contributed by atoms with E-state index in [0.717, 1.165) is 5.56 Å². The molecule has 0 aliphatic heterocycles. The smallest absolute Gasteiger partial charge is 0.270 e. The Hall–Kier alpha value is -3.46. The Morgan fingerprint density at radius 2 is 1.83 bits per heavy atom. The Balaban J connectivity index is 1.94. The molecular weight excluding hydrogens is 308 g/mol. The Bertz CT molecular complexity index is 845. The summed E-state index contributed by atoms with van der Waals surface area (Å²) in [4.78, 5) is 33.2. The standard InChI is InChI=1S/C18H14N2O4/c1-13(21)15-9-7-14(8-10-15)4-3-11-19-18(22)16-5-2-6-17(12-16)20(23)24/h2,5-10,12H,11H2,1H3,(H,19,22). The number of carbonyl (C=O) groups is 2. The highest BCUT2D eigenvalue weighted by molar-refractivity contribution is 5.95. The van der Waals surface area contributed by atoms with Gasteiger partial charge in [0.25, 0.3) is 11.6 Å². The van der Waals surface area contributed by atoms with Gasteiger partial charge in [0.1, 0.15) is 0 Å². The van der Waals surface area contributed by atoms with Gasteiger partial charge in [-0.25, -0.2) is 0 Å². The highest BCUT2D eigenvalue weighted by Crippen LogP contribution is 2.12. The van der Waals surface area contributed by atoms with Crippen LogP contribution in [0.3, 0.4) is 0 Å². The summed E-state index contributed by atoms with van der Waals surface area (Å²) < 4.78 is 0. The summed E-state index contributed by atoms with van der Waals surface area (Å²) >= 11 is 0. The van der Waals surface area contributed by atoms with Crippen molar-refractivity contribution in [2.24, 2.45) is 0 Å². The number of hydrogen-bond acceptors (Lipinski definition) is 4. The Kier molecular flexibility index (Phi) is 5.42. The molecule has 0 fully saturated rings. The lowest BCUT2D eigenvalue weighted by Gasteiger charge is -2.01. The van der Waals surface area contributed by atoms with Crippen molar-refractivity contribution in [1.29, 1.82) is 0 Å². The fourth-order valence-corrected chi connectivity index (χ4v) is 1.92. The molecule has 0 aromatic heterocycles. The average molecular weight is 322 g/mol. The lowest BCUT2D eigenvalue weighted by atomic mass is 10.1. The number of benzene rings is 2. The van der Waals surface area contributed by atoms with E-state index in [4.69, 9.17) is 0 Å². The molecule has 0 atom stereocenters. The number of ketones is 1. The highest BCUT2D eigenvalue weighted by Gasteiger charge is 2.10. The van der Waals surface area contributed by atoms with Crippen molar-refractivity contribution in [2.75, 3.05) is 6.54 Å². The number of rotatable bonds is 4. The number of hydrogen-bond donors (Lipinski definition) is 1. The number of carbonyl (C=O) groups excluding carboxylic acids is 2. The number of nitro benzene ring substituents is 1. The molecule has 0 aliphatic carbocycles. The SMILES string of the molecule is CC(=O)c1ccc(C#CCNC(=O)c2cccc([N+](=O)[O-])c2)cc1. The quantitative estimate of drug-likeness (QED) is 0.405. The van der Waals surface area contributed by atoms with Crippen LogP contribution in [0.4, 0.5) is 5.69 Å². The second kappa shape index (κ2) is 7.70. The summed E-state index contributed by atoms with van der Waals surface area (Å²) in [6.07, 6.45) is 0. The van der Waals surface area contributed by atoms with Gasteiger partial charge < -0.3 is 5.32 Å². The minimum Gasteiger partial charge on any atom is -0.341 e. The average Bonchev–Trinajstić information content (AvgIpc) is 2.59. The van der Waals surface area contributed by atoms with Gasteiger partial charge in [-0.3, -0.25) is 19.7 Å². The van der Waals surface area contributed by atoms with Crippen LogP contribution in [-0.2, 0) is 0 Å². The Morgan fingerprint density at radius 3 is 2.46 bits per heavy atom. The molecule has 6 heteroatoms. The van der Waals surface area contributed by atoms with Gasteiger partial charge in [-0.05, 0) is 25.1 Å². The van der Waals surface area contributed by atoms with Crippen LogP contribution in [0.1, 0.15) is 33.2 Å². The second-order valence-corrected chi connectivity index (χ2v) is 4.93. The third kappa shape index (κ3) is 4.52. The Morgan fingerprint density at radius 1 is 1.12 bits per heavy atom. The summed E-state index contributed by atoms with van der Waals surface area (Å²) in [5.74, 6) is 5.20. The molecule has 0 radical (unpaired) electrons. The molecule has 2 aromatic rings. The third-order valence-electron chi connectivity index (χ3n) is 3.18. The van der Waals surface area contributed by atoms with Crippen molar-refractivity contribution in [3.8, 4) is 11.8 Å². The monoisotopic (exact) mass is 322 g/mol. The van der Waals surface area contributed by atoms with Gasteiger partial charge in [0, 0.05) is 28.8 Å². The van der Waals surface area contributed by atoms with Crippen LogP contribution in [-0.4, -0.2) is 23.2 Å². The zero-order chi connectivity index (χ0) is 17.5. The molecule has 120 valence electrons. The van der Waals surface area contributed by atoms with Gasteiger partial charge in [-0.2, -0.15) is 0 Å². The first-order valence-corrected chi connectivity index (χ1v) is 7.10. The van der Waals surface area contributed by atoms with E-state index in [-0.39, 0.29) is 23.6 Å².